The minimum Gasteiger partial charge on any atom is -0.492 e. The molecule has 0 N–H and O–H groups in total. The summed E-state index contributed by atoms with van der Waals surface area (Å²) in [4.78, 5) is 0. The Morgan fingerprint density at radius 1 is 0.905 bits per heavy atom. The van der Waals surface area contributed by atoms with Crippen molar-refractivity contribution in [3.8, 4) is 17.1 Å². The molecule has 0 aliphatic rings. The van der Waals surface area contributed by atoms with Crippen LogP contribution in [0.3, 0.4) is 0 Å². The molecule has 3 rings (SSSR count). The fourth-order valence-electron chi connectivity index (χ4n) is 2.56. The molecule has 1 aromatic heterocycles. The lowest BCUT2D eigenvalue weighted by molar-refractivity contribution is 0.407. The monoisotopic (exact) mass is 278 g/mol. The zero-order valence-corrected chi connectivity index (χ0v) is 12.3. The van der Waals surface area contributed by atoms with Crippen molar-refractivity contribution in [2.24, 2.45) is 0 Å². The molecular formula is C19H18O2. The number of hydrogen-bond acceptors (Lipinski definition) is 2. The molecule has 2 aromatic carbocycles. The second-order valence-corrected chi connectivity index (χ2v) is 5.03. The molecule has 106 valence electrons. The van der Waals surface area contributed by atoms with E-state index in [1.807, 2.05) is 43.3 Å². The summed E-state index contributed by atoms with van der Waals surface area (Å²) in [5.74, 6) is 2.55. The normalized spacial score (nSPS) is 10.6. The molecule has 0 atom stereocenters. The number of methoxy groups -OCH3 is 1. The van der Waals surface area contributed by atoms with Crippen LogP contribution in [0, 0.1) is 6.92 Å². The number of furan rings is 1. The van der Waals surface area contributed by atoms with Crippen molar-refractivity contribution >= 4 is 0 Å². The van der Waals surface area contributed by atoms with Crippen LogP contribution >= 0.6 is 0 Å². The van der Waals surface area contributed by atoms with E-state index in [4.69, 9.17) is 9.15 Å². The molecule has 0 bridgehead atoms. The van der Waals surface area contributed by atoms with E-state index in [1.54, 1.807) is 7.11 Å². The van der Waals surface area contributed by atoms with Crippen molar-refractivity contribution in [2.45, 2.75) is 13.3 Å². The Labute approximate surface area is 125 Å². The second-order valence-electron chi connectivity index (χ2n) is 5.03. The molecule has 0 amide bonds. The van der Waals surface area contributed by atoms with Crippen molar-refractivity contribution in [3.63, 3.8) is 0 Å². The molecule has 2 nitrogen and oxygen atoms in total. The van der Waals surface area contributed by atoms with E-state index in [1.165, 1.54) is 5.56 Å². The largest absolute Gasteiger partial charge is 0.492 e. The number of benzene rings is 2. The van der Waals surface area contributed by atoms with Crippen molar-refractivity contribution in [1.29, 1.82) is 0 Å². The van der Waals surface area contributed by atoms with Gasteiger partial charge in [0.25, 0.3) is 0 Å². The molecule has 0 saturated carbocycles. The Kier molecular flexibility index (Phi) is 3.78. The van der Waals surface area contributed by atoms with Gasteiger partial charge in [0, 0.05) is 17.5 Å². The van der Waals surface area contributed by atoms with Gasteiger partial charge in [-0.05, 0) is 12.5 Å². The quantitative estimate of drug-likeness (QED) is 0.680. The van der Waals surface area contributed by atoms with E-state index in [9.17, 15) is 0 Å². The SMILES string of the molecule is COc1c(-c2ccccc2)oc(C)c1Cc1ccccc1. The second kappa shape index (κ2) is 5.88. The maximum atomic E-state index is 5.97. The van der Waals surface area contributed by atoms with Gasteiger partial charge >= 0.3 is 0 Å². The van der Waals surface area contributed by atoms with E-state index >= 15 is 0 Å². The first-order valence-corrected chi connectivity index (χ1v) is 7.05. The predicted octanol–water partition coefficient (Wildman–Crippen LogP) is 4.85. The van der Waals surface area contributed by atoms with Gasteiger partial charge in [-0.2, -0.15) is 0 Å². The average molecular weight is 278 g/mol. The fourth-order valence-corrected chi connectivity index (χ4v) is 2.56. The average Bonchev–Trinajstić information content (AvgIpc) is 2.85. The van der Waals surface area contributed by atoms with Crippen LogP contribution in [0.1, 0.15) is 16.9 Å². The Morgan fingerprint density at radius 2 is 1.52 bits per heavy atom. The molecule has 0 aliphatic carbocycles. The molecular weight excluding hydrogens is 260 g/mol. The Morgan fingerprint density at radius 3 is 2.14 bits per heavy atom. The lowest BCUT2D eigenvalue weighted by atomic mass is 10.0. The highest BCUT2D eigenvalue weighted by Gasteiger charge is 2.19. The van der Waals surface area contributed by atoms with Gasteiger partial charge in [0.1, 0.15) is 5.76 Å². The summed E-state index contributed by atoms with van der Waals surface area (Å²) in [6.07, 6.45) is 0.812. The summed E-state index contributed by atoms with van der Waals surface area (Å²) >= 11 is 0. The molecule has 2 heteroatoms. The van der Waals surface area contributed by atoms with Gasteiger partial charge in [-0.1, -0.05) is 60.7 Å². The van der Waals surface area contributed by atoms with Gasteiger partial charge in [-0.3, -0.25) is 0 Å². The summed E-state index contributed by atoms with van der Waals surface area (Å²) < 4.78 is 11.6. The molecule has 0 saturated heterocycles. The molecule has 0 unspecified atom stereocenters. The highest BCUT2D eigenvalue weighted by atomic mass is 16.5. The minimum atomic E-state index is 0.807. The van der Waals surface area contributed by atoms with Crippen LogP contribution in [0.5, 0.6) is 5.75 Å². The highest BCUT2D eigenvalue weighted by molar-refractivity contribution is 5.68. The van der Waals surface area contributed by atoms with Gasteiger partial charge in [0.05, 0.1) is 7.11 Å². The maximum Gasteiger partial charge on any atom is 0.176 e. The highest BCUT2D eigenvalue weighted by Crippen LogP contribution is 2.38. The molecule has 1 heterocycles. The minimum absolute atomic E-state index is 0.807. The van der Waals surface area contributed by atoms with Crippen molar-refractivity contribution in [2.75, 3.05) is 7.11 Å². The van der Waals surface area contributed by atoms with Gasteiger partial charge < -0.3 is 9.15 Å². The number of ether oxygens (including phenoxy) is 1. The van der Waals surface area contributed by atoms with E-state index in [2.05, 4.69) is 24.3 Å². The summed E-state index contributed by atoms with van der Waals surface area (Å²) in [6.45, 7) is 1.99. The molecule has 3 aromatic rings. The molecule has 0 radical (unpaired) electrons. The first-order chi connectivity index (χ1) is 10.3. The molecule has 0 spiro atoms. The maximum absolute atomic E-state index is 5.97. The van der Waals surface area contributed by atoms with Gasteiger partial charge in [-0.15, -0.1) is 0 Å². The lowest BCUT2D eigenvalue weighted by Gasteiger charge is -2.05. The fraction of sp³-hybridized carbons (Fsp3) is 0.158. The molecule has 0 aliphatic heterocycles. The third-order valence-corrected chi connectivity index (χ3v) is 3.62. The number of hydrogen-bond donors (Lipinski definition) is 0. The third kappa shape index (κ3) is 2.70. The molecule has 0 fully saturated rings. The zero-order valence-electron chi connectivity index (χ0n) is 12.3. The van der Waals surface area contributed by atoms with Crippen molar-refractivity contribution in [3.05, 3.63) is 77.6 Å². The summed E-state index contributed by atoms with van der Waals surface area (Å²) in [7, 11) is 1.70. The van der Waals surface area contributed by atoms with Crippen LogP contribution in [0.15, 0.2) is 65.1 Å². The van der Waals surface area contributed by atoms with Crippen LogP contribution in [-0.4, -0.2) is 7.11 Å². The Balaban J connectivity index is 2.04. The summed E-state index contributed by atoms with van der Waals surface area (Å²) in [5, 5.41) is 0. The third-order valence-electron chi connectivity index (χ3n) is 3.62. The van der Waals surface area contributed by atoms with E-state index in [0.29, 0.717) is 0 Å². The van der Waals surface area contributed by atoms with E-state index < -0.39 is 0 Å². The van der Waals surface area contributed by atoms with E-state index in [0.717, 1.165) is 34.8 Å². The lowest BCUT2D eigenvalue weighted by Crippen LogP contribution is -1.93. The van der Waals surface area contributed by atoms with Crippen LogP contribution in [0.4, 0.5) is 0 Å². The topological polar surface area (TPSA) is 22.4 Å². The van der Waals surface area contributed by atoms with Gasteiger partial charge in [-0.25, -0.2) is 0 Å². The summed E-state index contributed by atoms with van der Waals surface area (Å²) in [5.41, 5.74) is 3.40. The van der Waals surface area contributed by atoms with E-state index in [-0.39, 0.29) is 0 Å². The van der Waals surface area contributed by atoms with Crippen molar-refractivity contribution < 1.29 is 9.15 Å². The standard InChI is InChI=1S/C19H18O2/c1-14-17(13-15-9-5-3-6-10-15)19(20-2)18(21-14)16-11-7-4-8-12-16/h3-12H,13H2,1-2H3. The van der Waals surface area contributed by atoms with Crippen molar-refractivity contribution in [1.82, 2.24) is 0 Å². The Hall–Kier alpha value is -2.48. The van der Waals surface area contributed by atoms with Crippen LogP contribution in [-0.2, 0) is 6.42 Å². The smallest absolute Gasteiger partial charge is 0.176 e. The van der Waals surface area contributed by atoms with Crippen LogP contribution in [0.25, 0.3) is 11.3 Å². The van der Waals surface area contributed by atoms with Gasteiger partial charge in [0.15, 0.2) is 11.5 Å². The first-order valence-electron chi connectivity index (χ1n) is 7.05. The summed E-state index contributed by atoms with van der Waals surface area (Å²) in [6, 6.07) is 20.4. The van der Waals surface area contributed by atoms with Crippen LogP contribution < -0.4 is 4.74 Å². The first kappa shape index (κ1) is 13.5. The zero-order chi connectivity index (χ0) is 14.7. The Bertz CT molecular complexity index is 712. The number of rotatable bonds is 4. The number of aryl methyl sites for hydroxylation is 1. The van der Waals surface area contributed by atoms with Crippen LogP contribution in [0.2, 0.25) is 0 Å². The molecule has 21 heavy (non-hydrogen) atoms. The van der Waals surface area contributed by atoms with Gasteiger partial charge in [0.2, 0.25) is 0 Å². The predicted molar refractivity (Wildman–Crippen MR) is 84.7 cm³/mol.